The Bertz CT molecular complexity index is 398. The molecule has 0 bridgehead atoms. The number of rotatable bonds is 4. The van der Waals surface area contributed by atoms with Crippen molar-refractivity contribution in [2.24, 2.45) is 5.92 Å². The van der Waals surface area contributed by atoms with Crippen molar-refractivity contribution in [2.45, 2.75) is 20.0 Å². The lowest BCUT2D eigenvalue weighted by atomic mass is 10.1. The van der Waals surface area contributed by atoms with Crippen LogP contribution in [0, 0.1) is 17.2 Å². The Morgan fingerprint density at radius 2 is 2.19 bits per heavy atom. The molecule has 1 aromatic carbocycles. The number of hydrogen-bond acceptors (Lipinski definition) is 3. The number of nitrogens with one attached hydrogen (secondary N) is 1. The number of nitriles is 1. The molecule has 0 fully saturated rings. The molecule has 2 N–H and O–H groups in total. The van der Waals surface area contributed by atoms with E-state index in [1.807, 2.05) is 26.0 Å². The van der Waals surface area contributed by atoms with Gasteiger partial charge in [0, 0.05) is 11.0 Å². The van der Waals surface area contributed by atoms with Crippen LogP contribution in [0.1, 0.15) is 19.4 Å². The Kier molecular flexibility index (Phi) is 4.78. The predicted molar refractivity (Wildman–Crippen MR) is 68.2 cm³/mol. The van der Waals surface area contributed by atoms with E-state index in [4.69, 9.17) is 5.26 Å². The summed E-state index contributed by atoms with van der Waals surface area (Å²) in [5.41, 5.74) is 1.33. The van der Waals surface area contributed by atoms with Gasteiger partial charge >= 0.3 is 0 Å². The summed E-state index contributed by atoms with van der Waals surface area (Å²) in [7, 11) is 0. The van der Waals surface area contributed by atoms with Crippen molar-refractivity contribution in [3.63, 3.8) is 0 Å². The van der Waals surface area contributed by atoms with Gasteiger partial charge in [-0.3, -0.25) is 0 Å². The highest BCUT2D eigenvalue weighted by atomic mass is 79.9. The van der Waals surface area contributed by atoms with Gasteiger partial charge in [-0.25, -0.2) is 0 Å². The number of halogens is 1. The highest BCUT2D eigenvalue weighted by Crippen LogP contribution is 2.21. The first-order chi connectivity index (χ1) is 7.54. The molecule has 0 aliphatic rings. The minimum Gasteiger partial charge on any atom is -0.391 e. The molecular formula is C12H15BrN2O. The lowest BCUT2D eigenvalue weighted by molar-refractivity contribution is 0.138. The molecule has 0 saturated carbocycles. The molecule has 86 valence electrons. The van der Waals surface area contributed by atoms with Crippen LogP contribution < -0.4 is 5.32 Å². The fourth-order valence-electron chi connectivity index (χ4n) is 1.21. The van der Waals surface area contributed by atoms with Crippen molar-refractivity contribution in [1.82, 2.24) is 0 Å². The maximum absolute atomic E-state index is 9.66. The van der Waals surface area contributed by atoms with Crippen molar-refractivity contribution in [3.05, 3.63) is 28.2 Å². The van der Waals surface area contributed by atoms with Crippen LogP contribution >= 0.6 is 15.9 Å². The van der Waals surface area contributed by atoms with Crippen LogP contribution in [-0.4, -0.2) is 17.8 Å². The minimum absolute atomic E-state index is 0.199. The second-order valence-electron chi connectivity index (χ2n) is 3.99. The summed E-state index contributed by atoms with van der Waals surface area (Å²) in [6.45, 7) is 4.36. The minimum atomic E-state index is -0.412. The van der Waals surface area contributed by atoms with Gasteiger partial charge in [0.2, 0.25) is 0 Å². The Morgan fingerprint density at radius 1 is 1.50 bits per heavy atom. The Morgan fingerprint density at radius 3 is 2.75 bits per heavy atom. The van der Waals surface area contributed by atoms with Crippen molar-refractivity contribution in [1.29, 1.82) is 5.26 Å². The lowest BCUT2D eigenvalue weighted by Gasteiger charge is -2.16. The van der Waals surface area contributed by atoms with E-state index in [-0.39, 0.29) is 5.92 Å². The van der Waals surface area contributed by atoms with Crippen LogP contribution in [0.2, 0.25) is 0 Å². The van der Waals surface area contributed by atoms with E-state index in [9.17, 15) is 5.11 Å². The molecular weight excluding hydrogens is 268 g/mol. The smallest absolute Gasteiger partial charge is 0.101 e. The zero-order valence-electron chi connectivity index (χ0n) is 9.37. The van der Waals surface area contributed by atoms with Gasteiger partial charge < -0.3 is 10.4 Å². The van der Waals surface area contributed by atoms with Crippen molar-refractivity contribution in [2.75, 3.05) is 11.9 Å². The number of aliphatic hydroxyl groups excluding tert-OH is 1. The average molecular weight is 283 g/mol. The third-order valence-corrected chi connectivity index (χ3v) is 2.87. The summed E-state index contributed by atoms with van der Waals surface area (Å²) < 4.78 is 0.910. The molecule has 1 aromatic rings. The second-order valence-corrected chi connectivity index (χ2v) is 4.91. The molecule has 1 atom stereocenters. The molecule has 4 heteroatoms. The van der Waals surface area contributed by atoms with Gasteiger partial charge in [-0.05, 0) is 24.1 Å². The van der Waals surface area contributed by atoms with E-state index >= 15 is 0 Å². The van der Waals surface area contributed by atoms with Crippen LogP contribution in [0.4, 0.5) is 5.69 Å². The molecule has 0 radical (unpaired) electrons. The van der Waals surface area contributed by atoms with Crippen LogP contribution in [0.25, 0.3) is 0 Å². The fraction of sp³-hybridized carbons (Fsp3) is 0.417. The molecule has 16 heavy (non-hydrogen) atoms. The molecule has 0 aliphatic heterocycles. The van der Waals surface area contributed by atoms with Gasteiger partial charge in [0.1, 0.15) is 6.07 Å². The summed E-state index contributed by atoms with van der Waals surface area (Å²) in [6, 6.07) is 7.52. The van der Waals surface area contributed by atoms with E-state index in [2.05, 4.69) is 27.3 Å². The van der Waals surface area contributed by atoms with Gasteiger partial charge in [-0.1, -0.05) is 29.8 Å². The van der Waals surface area contributed by atoms with Crippen molar-refractivity contribution in [3.8, 4) is 6.07 Å². The highest BCUT2D eigenvalue weighted by Gasteiger charge is 2.10. The highest BCUT2D eigenvalue weighted by molar-refractivity contribution is 9.10. The SMILES string of the molecule is CC(C)C(O)CNc1cc(Br)ccc1C#N. The molecule has 0 aromatic heterocycles. The first-order valence-corrected chi connectivity index (χ1v) is 5.95. The first kappa shape index (κ1) is 13.0. The molecule has 0 aliphatic carbocycles. The van der Waals surface area contributed by atoms with Crippen molar-refractivity contribution >= 4 is 21.6 Å². The van der Waals surface area contributed by atoms with E-state index in [1.54, 1.807) is 6.07 Å². The van der Waals surface area contributed by atoms with Gasteiger partial charge in [0.05, 0.1) is 17.4 Å². The molecule has 0 spiro atoms. The van der Waals surface area contributed by atoms with Gasteiger partial charge in [-0.2, -0.15) is 5.26 Å². The van der Waals surface area contributed by atoms with Crippen LogP contribution in [0.15, 0.2) is 22.7 Å². The Balaban J connectivity index is 2.73. The quantitative estimate of drug-likeness (QED) is 0.893. The third kappa shape index (κ3) is 3.51. The largest absolute Gasteiger partial charge is 0.391 e. The number of benzene rings is 1. The van der Waals surface area contributed by atoms with E-state index in [1.165, 1.54) is 0 Å². The molecule has 1 rings (SSSR count). The standard InChI is InChI=1S/C12H15BrN2O/c1-8(2)12(16)7-15-11-5-10(13)4-3-9(11)6-14/h3-5,8,12,15-16H,7H2,1-2H3. The Hall–Kier alpha value is -1.05. The van der Waals surface area contributed by atoms with E-state index in [0.717, 1.165) is 10.2 Å². The maximum Gasteiger partial charge on any atom is 0.101 e. The van der Waals surface area contributed by atoms with E-state index < -0.39 is 6.10 Å². The number of anilines is 1. The van der Waals surface area contributed by atoms with Crippen LogP contribution in [-0.2, 0) is 0 Å². The fourth-order valence-corrected chi connectivity index (χ4v) is 1.57. The van der Waals surface area contributed by atoms with Gasteiger partial charge in [0.25, 0.3) is 0 Å². The topological polar surface area (TPSA) is 56.0 Å². The summed E-state index contributed by atoms with van der Waals surface area (Å²) in [5, 5.41) is 21.7. The summed E-state index contributed by atoms with van der Waals surface area (Å²) in [4.78, 5) is 0. The Labute approximate surface area is 104 Å². The summed E-state index contributed by atoms with van der Waals surface area (Å²) in [6.07, 6.45) is -0.412. The number of hydrogen-bond donors (Lipinski definition) is 2. The van der Waals surface area contributed by atoms with Crippen LogP contribution in [0.3, 0.4) is 0 Å². The monoisotopic (exact) mass is 282 g/mol. The summed E-state index contributed by atoms with van der Waals surface area (Å²) >= 11 is 3.35. The second kappa shape index (κ2) is 5.88. The molecule has 1 unspecified atom stereocenters. The lowest BCUT2D eigenvalue weighted by Crippen LogP contribution is -2.25. The van der Waals surface area contributed by atoms with Crippen LogP contribution in [0.5, 0.6) is 0 Å². The average Bonchev–Trinajstić information content (AvgIpc) is 2.25. The van der Waals surface area contributed by atoms with Gasteiger partial charge in [0.15, 0.2) is 0 Å². The maximum atomic E-state index is 9.66. The van der Waals surface area contributed by atoms with Gasteiger partial charge in [-0.15, -0.1) is 0 Å². The van der Waals surface area contributed by atoms with Crippen molar-refractivity contribution < 1.29 is 5.11 Å². The third-order valence-electron chi connectivity index (χ3n) is 2.37. The molecule has 0 amide bonds. The number of aliphatic hydroxyl groups is 1. The zero-order chi connectivity index (χ0) is 12.1. The summed E-state index contributed by atoms with van der Waals surface area (Å²) in [5.74, 6) is 0.199. The normalized spacial score (nSPS) is 12.2. The van der Waals surface area contributed by atoms with E-state index in [0.29, 0.717) is 12.1 Å². The molecule has 3 nitrogen and oxygen atoms in total. The first-order valence-electron chi connectivity index (χ1n) is 5.16. The predicted octanol–water partition coefficient (Wildman–Crippen LogP) is 2.75. The zero-order valence-corrected chi connectivity index (χ0v) is 11.0. The molecule has 0 saturated heterocycles. The molecule has 0 heterocycles. The number of nitrogens with zero attached hydrogens (tertiary/aromatic N) is 1.